The molecule has 4 rings (SSSR count). The van der Waals surface area contributed by atoms with Crippen molar-refractivity contribution in [3.8, 4) is 0 Å². The first-order valence-electron chi connectivity index (χ1n) is 6.24. The van der Waals surface area contributed by atoms with Crippen molar-refractivity contribution in [2.45, 2.75) is 6.54 Å². The van der Waals surface area contributed by atoms with Crippen molar-refractivity contribution in [2.75, 3.05) is 0 Å². The number of rotatable bonds is 2. The minimum absolute atomic E-state index is 0.655. The number of nitrogens with zero attached hydrogens (tertiary/aromatic N) is 3. The normalized spacial score (nSPS) is 11.4. The summed E-state index contributed by atoms with van der Waals surface area (Å²) in [6.07, 6.45) is 1.89. The second-order valence-electron chi connectivity index (χ2n) is 4.56. The molecule has 0 bridgehead atoms. The number of benzene rings is 2. The van der Waals surface area contributed by atoms with Gasteiger partial charge in [-0.2, -0.15) is 5.10 Å². The van der Waals surface area contributed by atoms with Crippen molar-refractivity contribution in [1.82, 2.24) is 19.7 Å². The summed E-state index contributed by atoms with van der Waals surface area (Å²) >= 11 is 0. The first kappa shape index (κ1) is 10.3. The van der Waals surface area contributed by atoms with Crippen LogP contribution in [0, 0.1) is 0 Å². The molecule has 2 heterocycles. The molecule has 1 N–H and O–H groups in total. The third kappa shape index (κ3) is 1.69. The van der Waals surface area contributed by atoms with E-state index in [2.05, 4.69) is 27.2 Å². The molecule has 2 aromatic carbocycles. The molecule has 0 spiro atoms. The summed E-state index contributed by atoms with van der Waals surface area (Å²) in [5, 5.41) is 5.57. The Morgan fingerprint density at radius 3 is 2.79 bits per heavy atom. The fraction of sp³-hybridized carbons (Fsp3) is 0.0667. The van der Waals surface area contributed by atoms with Crippen molar-refractivity contribution in [3.63, 3.8) is 0 Å². The summed E-state index contributed by atoms with van der Waals surface area (Å²) in [6.45, 7) is 0.655. The minimum Gasteiger partial charge on any atom is -0.340 e. The standard InChI is InChI=1S/C15H12N4/c1-4-8-14-11(5-1)9-16-19(14)10-15-17-12-6-2-3-7-13(12)18-15/h1-9H,10H2,(H,17,18). The SMILES string of the molecule is c1ccc2c(c1)cnn2Cc1nc2ccccc2[nH]1. The zero-order chi connectivity index (χ0) is 12.7. The number of hydrogen-bond acceptors (Lipinski definition) is 2. The zero-order valence-electron chi connectivity index (χ0n) is 10.2. The number of aromatic amines is 1. The van der Waals surface area contributed by atoms with Crippen LogP contribution in [-0.4, -0.2) is 19.7 Å². The van der Waals surface area contributed by atoms with Gasteiger partial charge in [-0.25, -0.2) is 4.98 Å². The Morgan fingerprint density at radius 2 is 1.84 bits per heavy atom. The maximum absolute atomic E-state index is 4.58. The predicted octanol–water partition coefficient (Wildman–Crippen LogP) is 2.96. The fourth-order valence-corrected chi connectivity index (χ4v) is 2.37. The molecular formula is C15H12N4. The highest BCUT2D eigenvalue weighted by atomic mass is 15.3. The average molecular weight is 248 g/mol. The monoisotopic (exact) mass is 248 g/mol. The molecule has 0 saturated carbocycles. The highest BCUT2D eigenvalue weighted by molar-refractivity contribution is 5.78. The topological polar surface area (TPSA) is 46.5 Å². The third-order valence-electron chi connectivity index (χ3n) is 3.29. The lowest BCUT2D eigenvalue weighted by molar-refractivity contribution is 0.686. The first-order chi connectivity index (χ1) is 9.40. The van der Waals surface area contributed by atoms with E-state index < -0.39 is 0 Å². The second kappa shape index (κ2) is 3.95. The maximum Gasteiger partial charge on any atom is 0.129 e. The van der Waals surface area contributed by atoms with Crippen LogP contribution in [0.1, 0.15) is 5.82 Å². The number of para-hydroxylation sites is 3. The maximum atomic E-state index is 4.58. The molecule has 92 valence electrons. The van der Waals surface area contributed by atoms with Gasteiger partial charge in [0.05, 0.1) is 29.3 Å². The number of nitrogens with one attached hydrogen (secondary N) is 1. The molecule has 0 radical (unpaired) electrons. The van der Waals surface area contributed by atoms with E-state index in [1.807, 2.05) is 47.3 Å². The van der Waals surface area contributed by atoms with Crippen LogP contribution in [0.3, 0.4) is 0 Å². The molecule has 0 aliphatic rings. The summed E-state index contributed by atoms with van der Waals surface area (Å²) in [7, 11) is 0. The Hall–Kier alpha value is -2.62. The lowest BCUT2D eigenvalue weighted by Crippen LogP contribution is -2.02. The second-order valence-corrected chi connectivity index (χ2v) is 4.56. The van der Waals surface area contributed by atoms with Crippen LogP contribution in [0.15, 0.2) is 54.7 Å². The molecule has 2 aromatic heterocycles. The van der Waals surface area contributed by atoms with Gasteiger partial charge in [-0.15, -0.1) is 0 Å². The highest BCUT2D eigenvalue weighted by Gasteiger charge is 2.06. The van der Waals surface area contributed by atoms with E-state index in [0.29, 0.717) is 6.54 Å². The molecule has 0 saturated heterocycles. The quantitative estimate of drug-likeness (QED) is 0.593. The fourth-order valence-electron chi connectivity index (χ4n) is 2.37. The molecule has 4 nitrogen and oxygen atoms in total. The Morgan fingerprint density at radius 1 is 1.00 bits per heavy atom. The van der Waals surface area contributed by atoms with Crippen LogP contribution >= 0.6 is 0 Å². The number of aromatic nitrogens is 4. The Balaban J connectivity index is 1.78. The Bertz CT molecular complexity index is 823. The van der Waals surface area contributed by atoms with Crippen LogP contribution in [0.2, 0.25) is 0 Å². The molecule has 4 heteroatoms. The summed E-state index contributed by atoms with van der Waals surface area (Å²) in [5.74, 6) is 0.926. The minimum atomic E-state index is 0.655. The molecule has 0 amide bonds. The van der Waals surface area contributed by atoms with Crippen molar-refractivity contribution in [3.05, 3.63) is 60.6 Å². The van der Waals surface area contributed by atoms with E-state index in [1.165, 1.54) is 0 Å². The largest absolute Gasteiger partial charge is 0.340 e. The van der Waals surface area contributed by atoms with Crippen LogP contribution in [0.25, 0.3) is 21.9 Å². The van der Waals surface area contributed by atoms with Crippen LogP contribution in [0.5, 0.6) is 0 Å². The van der Waals surface area contributed by atoms with E-state index in [-0.39, 0.29) is 0 Å². The van der Waals surface area contributed by atoms with Crippen molar-refractivity contribution in [2.24, 2.45) is 0 Å². The van der Waals surface area contributed by atoms with Gasteiger partial charge in [0.2, 0.25) is 0 Å². The van der Waals surface area contributed by atoms with Gasteiger partial charge in [-0.3, -0.25) is 4.68 Å². The van der Waals surface area contributed by atoms with Gasteiger partial charge in [0, 0.05) is 5.39 Å². The van der Waals surface area contributed by atoms with Gasteiger partial charge in [0.1, 0.15) is 5.82 Å². The molecular weight excluding hydrogens is 236 g/mol. The van der Waals surface area contributed by atoms with Crippen molar-refractivity contribution in [1.29, 1.82) is 0 Å². The lowest BCUT2D eigenvalue weighted by atomic mass is 10.2. The Labute approximate surface area is 109 Å². The van der Waals surface area contributed by atoms with Gasteiger partial charge in [0.15, 0.2) is 0 Å². The van der Waals surface area contributed by atoms with Crippen LogP contribution < -0.4 is 0 Å². The molecule has 0 aliphatic heterocycles. The lowest BCUT2D eigenvalue weighted by Gasteiger charge is -2.00. The number of H-pyrrole nitrogens is 1. The molecule has 0 unspecified atom stereocenters. The number of imidazole rings is 1. The summed E-state index contributed by atoms with van der Waals surface area (Å²) in [6, 6.07) is 16.2. The molecule has 0 aliphatic carbocycles. The van der Waals surface area contributed by atoms with Crippen LogP contribution in [-0.2, 0) is 6.54 Å². The van der Waals surface area contributed by atoms with Crippen molar-refractivity contribution >= 4 is 21.9 Å². The van der Waals surface area contributed by atoms with E-state index >= 15 is 0 Å². The smallest absolute Gasteiger partial charge is 0.129 e. The predicted molar refractivity (Wildman–Crippen MR) is 74.9 cm³/mol. The van der Waals surface area contributed by atoms with E-state index in [4.69, 9.17) is 0 Å². The zero-order valence-corrected chi connectivity index (χ0v) is 10.2. The first-order valence-corrected chi connectivity index (χ1v) is 6.24. The summed E-state index contributed by atoms with van der Waals surface area (Å²) in [5.41, 5.74) is 3.19. The van der Waals surface area contributed by atoms with Gasteiger partial charge in [-0.1, -0.05) is 30.3 Å². The van der Waals surface area contributed by atoms with E-state index in [9.17, 15) is 0 Å². The highest BCUT2D eigenvalue weighted by Crippen LogP contribution is 2.15. The van der Waals surface area contributed by atoms with Gasteiger partial charge < -0.3 is 4.98 Å². The molecule has 19 heavy (non-hydrogen) atoms. The summed E-state index contributed by atoms with van der Waals surface area (Å²) < 4.78 is 1.97. The van der Waals surface area contributed by atoms with E-state index in [1.54, 1.807) is 0 Å². The van der Waals surface area contributed by atoms with E-state index in [0.717, 1.165) is 27.8 Å². The average Bonchev–Trinajstić information content (AvgIpc) is 3.03. The van der Waals surface area contributed by atoms with Gasteiger partial charge >= 0.3 is 0 Å². The molecule has 0 fully saturated rings. The van der Waals surface area contributed by atoms with Gasteiger partial charge in [-0.05, 0) is 18.2 Å². The number of hydrogen-bond donors (Lipinski definition) is 1. The molecule has 0 atom stereocenters. The van der Waals surface area contributed by atoms with Gasteiger partial charge in [0.25, 0.3) is 0 Å². The number of fused-ring (bicyclic) bond motifs is 2. The third-order valence-corrected chi connectivity index (χ3v) is 3.29. The Kier molecular flexibility index (Phi) is 2.14. The van der Waals surface area contributed by atoms with Crippen molar-refractivity contribution < 1.29 is 0 Å². The van der Waals surface area contributed by atoms with Crippen LogP contribution in [0.4, 0.5) is 0 Å². The molecule has 4 aromatic rings. The summed E-state index contributed by atoms with van der Waals surface area (Å²) in [4.78, 5) is 7.90.